The van der Waals surface area contributed by atoms with Gasteiger partial charge >= 0.3 is 192 Å². The summed E-state index contributed by atoms with van der Waals surface area (Å²) in [7, 11) is 3.09. The molecule has 2 aliphatic rings. The van der Waals surface area contributed by atoms with Crippen LogP contribution >= 0.6 is 41.2 Å². The van der Waals surface area contributed by atoms with Crippen LogP contribution in [-0.2, 0) is 29.0 Å². The molecule has 0 amide bonds. The summed E-state index contributed by atoms with van der Waals surface area (Å²) in [5, 5.41) is 3.24. The normalized spacial score (nSPS) is 24.6. The van der Waals surface area contributed by atoms with Crippen molar-refractivity contribution in [3.63, 3.8) is 0 Å². The molecule has 2 atom stereocenters. The fourth-order valence-corrected chi connectivity index (χ4v) is 16.3. The number of hydrogen-bond donors (Lipinski definition) is 0. The minimum Gasteiger partial charge on any atom is -0.147 e. The van der Waals surface area contributed by atoms with Gasteiger partial charge in [0.2, 0.25) is 0 Å². The standard InChI is InChI=1S/2C13H14P.2ClH.Zr/c2*1-2-6-12-9-10-13(14-12)11-7-4-3-5-8-11;;;/h2*3-5,7-10H,2,6H2,1H3;2*1H;. The Balaban J connectivity index is 0.00000171. The van der Waals surface area contributed by atoms with Gasteiger partial charge in [-0.3, -0.25) is 0 Å². The van der Waals surface area contributed by atoms with Gasteiger partial charge in [0.1, 0.15) is 0 Å². The van der Waals surface area contributed by atoms with E-state index in [1.54, 1.807) is 27.0 Å². The third kappa shape index (κ3) is 6.00. The maximum atomic E-state index is 2.59. The summed E-state index contributed by atoms with van der Waals surface area (Å²) in [5.41, 5.74) is 3.05. The van der Waals surface area contributed by atoms with E-state index in [0.29, 0.717) is 0 Å². The summed E-state index contributed by atoms with van der Waals surface area (Å²) >= 11 is -0.964. The van der Waals surface area contributed by atoms with Crippen molar-refractivity contribution in [3.05, 3.63) is 96.1 Å². The number of rotatable bonds is 8. The van der Waals surface area contributed by atoms with Gasteiger partial charge in [0.15, 0.2) is 0 Å². The van der Waals surface area contributed by atoms with E-state index in [9.17, 15) is 0 Å². The van der Waals surface area contributed by atoms with Crippen LogP contribution in [0, 0.1) is 0 Å². The molecule has 0 radical (unpaired) electrons. The van der Waals surface area contributed by atoms with Gasteiger partial charge in [-0.2, -0.15) is 0 Å². The zero-order valence-electron chi connectivity index (χ0n) is 18.1. The van der Waals surface area contributed by atoms with Crippen LogP contribution in [0.25, 0.3) is 0 Å². The average Bonchev–Trinajstić information content (AvgIpc) is 3.36. The molecule has 5 heteroatoms. The van der Waals surface area contributed by atoms with Gasteiger partial charge in [-0.05, 0) is 0 Å². The van der Waals surface area contributed by atoms with Gasteiger partial charge in [-0.15, -0.1) is 24.8 Å². The van der Waals surface area contributed by atoms with Crippen molar-refractivity contribution < 1.29 is 23.2 Å². The molecule has 0 nitrogen and oxygen atoms in total. The molecular weight excluding hydrogens is 536 g/mol. The number of allylic oxidation sites excluding steroid dienone is 4. The van der Waals surface area contributed by atoms with Crippen LogP contribution in [0.3, 0.4) is 0 Å². The Labute approximate surface area is 215 Å². The molecule has 2 heterocycles. The van der Waals surface area contributed by atoms with E-state index in [2.05, 4.69) is 98.8 Å². The second-order valence-electron chi connectivity index (χ2n) is 7.76. The van der Waals surface area contributed by atoms with Gasteiger partial charge in [0, 0.05) is 0 Å². The van der Waals surface area contributed by atoms with E-state index in [-0.39, 0.29) is 30.5 Å². The Morgan fingerprint density at radius 1 is 0.645 bits per heavy atom. The molecule has 0 fully saturated rings. The third-order valence-corrected chi connectivity index (χ3v) is 15.4. The number of hydrogen-bond acceptors (Lipinski definition) is 0. The van der Waals surface area contributed by atoms with Crippen molar-refractivity contribution in [2.24, 2.45) is 0 Å². The fraction of sp³-hybridized carbons (Fsp3) is 0.308. The molecule has 0 saturated heterocycles. The molecule has 2 aromatic rings. The van der Waals surface area contributed by atoms with Crippen molar-refractivity contribution >= 4 is 51.8 Å². The Morgan fingerprint density at radius 3 is 1.39 bits per heavy atom. The van der Waals surface area contributed by atoms with E-state index >= 15 is 0 Å². The van der Waals surface area contributed by atoms with Gasteiger partial charge in [0.05, 0.1) is 0 Å². The largest absolute Gasteiger partial charge is 0.147 e. The summed E-state index contributed by atoms with van der Waals surface area (Å²) < 4.78 is 0.452. The molecule has 2 unspecified atom stereocenters. The van der Waals surface area contributed by atoms with Crippen LogP contribution < -0.4 is 0 Å². The first-order valence-corrected chi connectivity index (χ1v) is 14.9. The predicted molar refractivity (Wildman–Crippen MR) is 143 cm³/mol. The molecule has 0 saturated carbocycles. The Kier molecular flexibility index (Phi) is 10.7. The molecule has 2 aromatic carbocycles. The van der Waals surface area contributed by atoms with E-state index in [0.717, 1.165) is 0 Å². The molecular formula is C26H30Cl2P2Zr. The van der Waals surface area contributed by atoms with E-state index in [1.165, 1.54) is 36.8 Å². The predicted octanol–water partition coefficient (Wildman–Crippen LogP) is 8.60. The first-order valence-electron chi connectivity index (χ1n) is 10.7. The van der Waals surface area contributed by atoms with Crippen LogP contribution in [0.4, 0.5) is 0 Å². The van der Waals surface area contributed by atoms with Crippen LogP contribution in [-0.4, -0.2) is 10.6 Å². The minimum atomic E-state index is -0.964. The van der Waals surface area contributed by atoms with Crippen molar-refractivity contribution in [2.45, 2.75) is 45.3 Å². The van der Waals surface area contributed by atoms with Crippen LogP contribution in [0.5, 0.6) is 0 Å². The minimum absolute atomic E-state index is 0. The Hall–Kier alpha value is -0.277. The van der Waals surface area contributed by atoms with Gasteiger partial charge in [-0.1, -0.05) is 0 Å². The zero-order valence-corrected chi connectivity index (χ0v) is 24.0. The molecule has 2 aliphatic heterocycles. The number of benzene rings is 2. The third-order valence-electron chi connectivity index (χ3n) is 5.49. The molecule has 0 aromatic heterocycles. The van der Waals surface area contributed by atoms with Gasteiger partial charge in [-0.25, -0.2) is 0 Å². The first kappa shape index (κ1) is 27.0. The van der Waals surface area contributed by atoms with Crippen molar-refractivity contribution in [1.29, 1.82) is 0 Å². The summed E-state index contributed by atoms with van der Waals surface area (Å²) in [6, 6.07) is 22.7. The van der Waals surface area contributed by atoms with Crippen molar-refractivity contribution in [3.8, 4) is 0 Å². The van der Waals surface area contributed by atoms with E-state index in [1.807, 2.05) is 0 Å². The first-order chi connectivity index (χ1) is 14.2. The Bertz CT molecular complexity index is 890. The summed E-state index contributed by atoms with van der Waals surface area (Å²) in [5.74, 6) is 0. The summed E-state index contributed by atoms with van der Waals surface area (Å²) in [6.45, 7) is 4.60. The second-order valence-corrected chi connectivity index (χ2v) is 17.3. The topological polar surface area (TPSA) is 0 Å². The molecule has 0 bridgehead atoms. The zero-order chi connectivity index (χ0) is 20.2. The van der Waals surface area contributed by atoms with Gasteiger partial charge < -0.3 is 0 Å². The van der Waals surface area contributed by atoms with E-state index < -0.39 is 23.2 Å². The van der Waals surface area contributed by atoms with Crippen molar-refractivity contribution in [1.82, 2.24) is 0 Å². The maximum Gasteiger partial charge on any atom is -0.147 e. The molecule has 0 aliphatic carbocycles. The molecule has 4 rings (SSSR count). The molecule has 0 N–H and O–H groups in total. The molecule has 0 spiro atoms. The van der Waals surface area contributed by atoms with E-state index in [4.69, 9.17) is 0 Å². The maximum absolute atomic E-state index is 2.59. The van der Waals surface area contributed by atoms with Crippen LogP contribution in [0.1, 0.15) is 50.7 Å². The summed E-state index contributed by atoms with van der Waals surface area (Å²) in [6.07, 6.45) is 15.0. The molecule has 162 valence electrons. The molecule has 31 heavy (non-hydrogen) atoms. The van der Waals surface area contributed by atoms with Gasteiger partial charge in [0.25, 0.3) is 0 Å². The average molecular weight is 567 g/mol. The number of halogens is 2. The monoisotopic (exact) mass is 564 g/mol. The fourth-order valence-electron chi connectivity index (χ4n) is 4.11. The Morgan fingerprint density at radius 2 is 1.03 bits per heavy atom. The second kappa shape index (κ2) is 12.3. The van der Waals surface area contributed by atoms with Crippen LogP contribution in [0.15, 0.2) is 85.0 Å². The smallest absolute Gasteiger partial charge is 0.147 e. The van der Waals surface area contributed by atoms with Crippen LogP contribution in [0.2, 0.25) is 0 Å². The SMILES string of the molecule is CCCC1=P[C]([Zr][C]2(c3ccccc3)C=CC(CCC)=P2)(c2ccccc2)C=C1.Cl.Cl. The van der Waals surface area contributed by atoms with Crippen molar-refractivity contribution in [2.75, 3.05) is 0 Å². The summed E-state index contributed by atoms with van der Waals surface area (Å²) in [4.78, 5) is 0. The quantitative estimate of drug-likeness (QED) is 0.281.